The number of carbonyl (C=O) groups is 2. The molecule has 0 spiro atoms. The van der Waals surface area contributed by atoms with E-state index in [0.717, 1.165) is 18.4 Å². The minimum absolute atomic E-state index is 0.141. The van der Waals surface area contributed by atoms with Gasteiger partial charge in [0.1, 0.15) is 5.69 Å². The summed E-state index contributed by atoms with van der Waals surface area (Å²) in [5, 5.41) is 11.4. The Hall–Kier alpha value is -1.91. The molecule has 1 aromatic heterocycles. The molecule has 0 aliphatic rings. The molecule has 0 aliphatic heterocycles. The molecule has 1 rings (SSSR count). The van der Waals surface area contributed by atoms with Gasteiger partial charge in [-0.3, -0.25) is 14.6 Å². The van der Waals surface area contributed by atoms with Crippen LogP contribution in [0.2, 0.25) is 0 Å². The summed E-state index contributed by atoms with van der Waals surface area (Å²) in [7, 11) is 0. The predicted octanol–water partition coefficient (Wildman–Crippen LogP) is 4.75. The van der Waals surface area contributed by atoms with Crippen molar-refractivity contribution in [3.63, 3.8) is 0 Å². The van der Waals surface area contributed by atoms with Crippen molar-refractivity contribution in [3.8, 4) is 0 Å². The Balaban J connectivity index is 2.20. The highest BCUT2D eigenvalue weighted by atomic mass is 16.4. The van der Waals surface area contributed by atoms with E-state index in [9.17, 15) is 9.59 Å². The number of hydrogen-bond acceptors (Lipinski definition) is 3. The molecule has 0 aromatic carbocycles. The molecule has 1 aromatic rings. The molecule has 0 bridgehead atoms. The van der Waals surface area contributed by atoms with E-state index in [1.54, 1.807) is 6.20 Å². The number of carboxylic acids is 1. The number of aliphatic carboxylic acids is 1. The summed E-state index contributed by atoms with van der Waals surface area (Å²) < 4.78 is 0. The number of nitrogens with zero attached hydrogens (tertiary/aromatic N) is 1. The van der Waals surface area contributed by atoms with E-state index in [1.165, 1.54) is 44.9 Å². The van der Waals surface area contributed by atoms with E-state index in [-0.39, 0.29) is 12.3 Å². The molecule has 0 unspecified atom stereocenters. The zero-order valence-corrected chi connectivity index (χ0v) is 16.1. The average Bonchev–Trinajstić information content (AvgIpc) is 2.63. The number of carboxylic acid groups (broad SMARTS) is 1. The minimum Gasteiger partial charge on any atom is -0.481 e. The van der Waals surface area contributed by atoms with Crippen molar-refractivity contribution in [2.45, 2.75) is 84.0 Å². The van der Waals surface area contributed by atoms with Crippen LogP contribution in [0.4, 0.5) is 0 Å². The Morgan fingerprint density at radius 1 is 1.00 bits per heavy atom. The first-order chi connectivity index (χ1) is 12.6. The summed E-state index contributed by atoms with van der Waals surface area (Å²) in [6, 6.07) is 3.85. The van der Waals surface area contributed by atoms with Crippen molar-refractivity contribution in [3.05, 3.63) is 29.6 Å². The summed E-state index contributed by atoms with van der Waals surface area (Å²) in [6.45, 7) is 2.72. The molecule has 0 saturated carbocycles. The Labute approximate surface area is 157 Å². The lowest BCUT2D eigenvalue weighted by Gasteiger charge is -2.06. The Bertz CT molecular complexity index is 532. The van der Waals surface area contributed by atoms with Gasteiger partial charge < -0.3 is 10.4 Å². The third-order valence-corrected chi connectivity index (χ3v) is 4.48. The van der Waals surface area contributed by atoms with Crippen molar-refractivity contribution >= 4 is 11.9 Å². The maximum Gasteiger partial charge on any atom is 0.303 e. The van der Waals surface area contributed by atoms with Gasteiger partial charge in [-0.25, -0.2) is 0 Å². The van der Waals surface area contributed by atoms with Crippen molar-refractivity contribution in [2.24, 2.45) is 0 Å². The van der Waals surface area contributed by atoms with E-state index in [0.29, 0.717) is 25.1 Å². The van der Waals surface area contributed by atoms with Gasteiger partial charge in [0.2, 0.25) is 0 Å². The number of hydrogen-bond donors (Lipinski definition) is 2. The first-order valence-corrected chi connectivity index (χ1v) is 10.1. The van der Waals surface area contributed by atoms with Gasteiger partial charge >= 0.3 is 5.97 Å². The Morgan fingerprint density at radius 2 is 1.69 bits per heavy atom. The second-order valence-electron chi connectivity index (χ2n) is 6.88. The standard InChI is InChI=1S/C21H34N2O3/c1-2-3-4-5-6-7-8-9-12-18-14-16-22-19(17-18)21(26)23-15-11-10-13-20(24)25/h14,16-17H,2-13,15H2,1H3,(H,23,26)(H,24,25). The van der Waals surface area contributed by atoms with Crippen LogP contribution < -0.4 is 5.32 Å². The van der Waals surface area contributed by atoms with Gasteiger partial charge in [0, 0.05) is 19.2 Å². The number of aromatic nitrogens is 1. The van der Waals surface area contributed by atoms with Gasteiger partial charge in [-0.1, -0.05) is 51.9 Å². The summed E-state index contributed by atoms with van der Waals surface area (Å²) in [5.41, 5.74) is 1.60. The first kappa shape index (κ1) is 22.1. The largest absolute Gasteiger partial charge is 0.481 e. The van der Waals surface area contributed by atoms with Crippen molar-refractivity contribution < 1.29 is 14.7 Å². The SMILES string of the molecule is CCCCCCCCCCc1ccnc(C(=O)NCCCCC(=O)O)c1. The van der Waals surface area contributed by atoms with Crippen LogP contribution in [0, 0.1) is 0 Å². The molecule has 2 N–H and O–H groups in total. The first-order valence-electron chi connectivity index (χ1n) is 10.1. The molecule has 146 valence electrons. The summed E-state index contributed by atoms with van der Waals surface area (Å²) in [4.78, 5) is 26.7. The van der Waals surface area contributed by atoms with E-state index >= 15 is 0 Å². The number of pyridine rings is 1. The molecule has 0 aliphatic carbocycles. The maximum absolute atomic E-state index is 12.1. The highest BCUT2D eigenvalue weighted by Gasteiger charge is 2.07. The normalized spacial score (nSPS) is 10.7. The van der Waals surface area contributed by atoms with Crippen molar-refractivity contribution in [1.29, 1.82) is 0 Å². The van der Waals surface area contributed by atoms with Crippen LogP contribution in [-0.4, -0.2) is 28.5 Å². The second kappa shape index (κ2) is 14.3. The molecule has 5 heteroatoms. The van der Waals surface area contributed by atoms with Crippen LogP contribution >= 0.6 is 0 Å². The fourth-order valence-corrected chi connectivity index (χ4v) is 2.91. The summed E-state index contributed by atoms with van der Waals surface area (Å²) in [5.74, 6) is -0.982. The predicted molar refractivity (Wildman–Crippen MR) is 104 cm³/mol. The monoisotopic (exact) mass is 362 g/mol. The van der Waals surface area contributed by atoms with E-state index in [1.807, 2.05) is 12.1 Å². The molecule has 0 atom stereocenters. The molecule has 0 radical (unpaired) electrons. The molecule has 26 heavy (non-hydrogen) atoms. The van der Waals surface area contributed by atoms with Crippen molar-refractivity contribution in [2.75, 3.05) is 6.54 Å². The van der Waals surface area contributed by atoms with Crippen LogP contribution in [0.15, 0.2) is 18.3 Å². The molecular weight excluding hydrogens is 328 g/mol. The van der Waals surface area contributed by atoms with Crippen LogP contribution in [0.5, 0.6) is 0 Å². The molecule has 1 amide bonds. The van der Waals surface area contributed by atoms with Crippen LogP contribution in [-0.2, 0) is 11.2 Å². The number of carbonyl (C=O) groups excluding carboxylic acids is 1. The molecular formula is C21H34N2O3. The maximum atomic E-state index is 12.1. The van der Waals surface area contributed by atoms with Crippen molar-refractivity contribution in [1.82, 2.24) is 10.3 Å². The molecule has 1 heterocycles. The molecule has 0 saturated heterocycles. The van der Waals surface area contributed by atoms with Gasteiger partial charge in [-0.2, -0.15) is 0 Å². The van der Waals surface area contributed by atoms with E-state index in [2.05, 4.69) is 17.2 Å². The highest BCUT2D eigenvalue weighted by molar-refractivity contribution is 5.92. The summed E-state index contributed by atoms with van der Waals surface area (Å²) >= 11 is 0. The van der Waals surface area contributed by atoms with Gasteiger partial charge in [-0.15, -0.1) is 0 Å². The van der Waals surface area contributed by atoms with E-state index < -0.39 is 5.97 Å². The average molecular weight is 363 g/mol. The second-order valence-corrected chi connectivity index (χ2v) is 6.88. The van der Waals surface area contributed by atoms with E-state index in [4.69, 9.17) is 5.11 Å². The zero-order chi connectivity index (χ0) is 19.0. The number of rotatable bonds is 15. The molecule has 5 nitrogen and oxygen atoms in total. The van der Waals surface area contributed by atoms with Gasteiger partial charge in [-0.05, 0) is 43.4 Å². The van der Waals surface area contributed by atoms with Crippen LogP contribution in [0.3, 0.4) is 0 Å². The smallest absolute Gasteiger partial charge is 0.303 e. The minimum atomic E-state index is -0.799. The van der Waals surface area contributed by atoms with Crippen LogP contribution in [0.1, 0.15) is 93.6 Å². The van der Waals surface area contributed by atoms with Gasteiger partial charge in [0.05, 0.1) is 0 Å². The number of unbranched alkanes of at least 4 members (excludes halogenated alkanes) is 8. The lowest BCUT2D eigenvalue weighted by molar-refractivity contribution is -0.137. The lowest BCUT2D eigenvalue weighted by atomic mass is 10.0. The Morgan fingerprint density at radius 3 is 2.38 bits per heavy atom. The fourth-order valence-electron chi connectivity index (χ4n) is 2.91. The van der Waals surface area contributed by atoms with Gasteiger partial charge in [0.25, 0.3) is 5.91 Å². The Kier molecular flexibility index (Phi) is 12.2. The number of amides is 1. The van der Waals surface area contributed by atoms with Crippen LogP contribution in [0.25, 0.3) is 0 Å². The fraction of sp³-hybridized carbons (Fsp3) is 0.667. The quantitative estimate of drug-likeness (QED) is 0.441. The summed E-state index contributed by atoms with van der Waals surface area (Å²) in [6.07, 6.45) is 14.4. The topological polar surface area (TPSA) is 79.3 Å². The number of aryl methyl sites for hydroxylation is 1. The number of nitrogens with one attached hydrogen (secondary N) is 1. The third kappa shape index (κ3) is 10.9. The lowest BCUT2D eigenvalue weighted by Crippen LogP contribution is -2.25. The van der Waals surface area contributed by atoms with Gasteiger partial charge in [0.15, 0.2) is 0 Å². The zero-order valence-electron chi connectivity index (χ0n) is 16.1. The third-order valence-electron chi connectivity index (χ3n) is 4.48. The highest BCUT2D eigenvalue weighted by Crippen LogP contribution is 2.12. The molecule has 0 fully saturated rings.